The van der Waals surface area contributed by atoms with E-state index in [0.29, 0.717) is 76.0 Å². The van der Waals surface area contributed by atoms with Crippen molar-refractivity contribution >= 4 is 85.9 Å². The number of Topliss-reactive ketones (excluding diaryl/α,β-unsaturated/α-hetero) is 1. The summed E-state index contributed by atoms with van der Waals surface area (Å²) in [5, 5.41) is 3.21. The van der Waals surface area contributed by atoms with Gasteiger partial charge in [-0.1, -0.05) is 12.1 Å². The number of carbonyl (C=O) groups is 7. The number of benzene rings is 2. The zero-order valence-corrected chi connectivity index (χ0v) is 43.2. The molecule has 0 spiro atoms. The maximum absolute atomic E-state index is 14.9. The summed E-state index contributed by atoms with van der Waals surface area (Å²) in [4.78, 5) is 97.4. The molecule has 0 saturated heterocycles. The summed E-state index contributed by atoms with van der Waals surface area (Å²) < 4.78 is 51.8. The van der Waals surface area contributed by atoms with Gasteiger partial charge in [-0.05, 0) is 101 Å². The number of halogens is 2. The molecular weight excluding hydrogens is 999 g/mol. The Hall–Kier alpha value is -9.21. The summed E-state index contributed by atoms with van der Waals surface area (Å²) in [5.41, 5.74) is 9.88. The van der Waals surface area contributed by atoms with Gasteiger partial charge in [0.15, 0.2) is 0 Å². The number of fused-ring (bicyclic) bond motifs is 2. The molecule has 9 heterocycles. The second kappa shape index (κ2) is 20.5. The van der Waals surface area contributed by atoms with Gasteiger partial charge in [-0.3, -0.25) is 28.9 Å². The molecule has 8 aromatic rings. The lowest BCUT2D eigenvalue weighted by molar-refractivity contribution is -0.135. The number of ether oxygens (including phenoxy) is 3. The first kappa shape index (κ1) is 52.6. The molecule has 0 atom stereocenters. The molecule has 20 nitrogen and oxygen atoms in total. The van der Waals surface area contributed by atoms with Gasteiger partial charge in [-0.2, -0.15) is 0 Å². The van der Waals surface area contributed by atoms with Gasteiger partial charge in [0.25, 0.3) is 17.6 Å². The van der Waals surface area contributed by atoms with Crippen LogP contribution in [0.25, 0.3) is 44.2 Å². The minimum atomic E-state index is -1.01. The van der Waals surface area contributed by atoms with Crippen LogP contribution in [-0.4, -0.2) is 111 Å². The van der Waals surface area contributed by atoms with Crippen LogP contribution in [0.1, 0.15) is 80.0 Å². The van der Waals surface area contributed by atoms with E-state index in [1.54, 1.807) is 86.3 Å². The van der Waals surface area contributed by atoms with Crippen molar-refractivity contribution in [1.82, 2.24) is 43.0 Å². The van der Waals surface area contributed by atoms with Crippen molar-refractivity contribution in [2.75, 3.05) is 20.2 Å². The Morgan fingerprint density at radius 2 is 1.19 bits per heavy atom. The van der Waals surface area contributed by atoms with Gasteiger partial charge in [-0.25, -0.2) is 33.1 Å². The summed E-state index contributed by atoms with van der Waals surface area (Å²) in [5.74, 6) is -4.33. The first-order chi connectivity index (χ1) is 36.5. The molecule has 6 aromatic heterocycles. The Morgan fingerprint density at radius 1 is 0.675 bits per heavy atom. The van der Waals surface area contributed by atoms with Crippen molar-refractivity contribution in [3.63, 3.8) is 0 Å². The summed E-state index contributed by atoms with van der Waals surface area (Å²) >= 11 is 0. The van der Waals surface area contributed by atoms with Crippen LogP contribution in [0, 0.1) is 11.6 Å². The number of esters is 1. The predicted molar refractivity (Wildman–Crippen MR) is 277 cm³/mol. The molecule has 398 valence electrons. The zero-order chi connectivity index (χ0) is 55.2. The van der Waals surface area contributed by atoms with Crippen LogP contribution in [0.3, 0.4) is 0 Å². The van der Waals surface area contributed by atoms with Gasteiger partial charge in [0.2, 0.25) is 5.91 Å². The Balaban J connectivity index is 0.000000157. The molecule has 2 aromatic carbocycles. The molecule has 22 heteroatoms. The van der Waals surface area contributed by atoms with Crippen LogP contribution >= 0.6 is 0 Å². The molecule has 11 rings (SSSR count). The van der Waals surface area contributed by atoms with E-state index in [9.17, 15) is 42.3 Å². The third kappa shape index (κ3) is 10.8. The normalized spacial score (nSPS) is 14.4. The van der Waals surface area contributed by atoms with Crippen LogP contribution in [0.4, 0.5) is 18.4 Å². The molecule has 0 fully saturated rings. The SMILES string of the molecule is CC(C)(C)OC(=O)N1CCn2cc(C3=C(c4cnc5ccccn45)C(=O)NC3=O)c3cc(F)cc(c32)C1.COC(=O)C(=O)c1cn2c3c(cc(F)cc13)CN(C(=O)OC(C)(C)C)CC2.NC(=O)Cc1cnc2ccccn12. The van der Waals surface area contributed by atoms with Crippen LogP contribution < -0.4 is 11.1 Å². The Bertz CT molecular complexity index is 3780. The number of hydrogen-bond donors (Lipinski definition) is 2. The molecule has 3 aliphatic heterocycles. The van der Waals surface area contributed by atoms with Crippen LogP contribution in [0.5, 0.6) is 0 Å². The largest absolute Gasteiger partial charge is 0.463 e. The average Bonchev–Trinajstić information content (AvgIpc) is 4.32. The highest BCUT2D eigenvalue weighted by molar-refractivity contribution is 6.50. The molecule has 3 aliphatic rings. The van der Waals surface area contributed by atoms with Crippen molar-refractivity contribution in [2.24, 2.45) is 5.73 Å². The lowest BCUT2D eigenvalue weighted by Gasteiger charge is -2.26. The number of nitrogens with one attached hydrogen (secondary N) is 1. The second-order valence-corrected chi connectivity index (χ2v) is 20.4. The minimum Gasteiger partial charge on any atom is -0.463 e. The van der Waals surface area contributed by atoms with E-state index >= 15 is 0 Å². The number of amides is 5. The van der Waals surface area contributed by atoms with E-state index in [2.05, 4.69) is 20.0 Å². The van der Waals surface area contributed by atoms with Crippen molar-refractivity contribution in [2.45, 2.75) is 85.3 Å². The molecular formula is C55H54F2N10O10. The highest BCUT2D eigenvalue weighted by atomic mass is 19.1. The smallest absolute Gasteiger partial charge is 0.410 e. The zero-order valence-electron chi connectivity index (χ0n) is 43.2. The van der Waals surface area contributed by atoms with Crippen LogP contribution in [0.15, 0.2) is 97.8 Å². The second-order valence-electron chi connectivity index (χ2n) is 20.4. The first-order valence-electron chi connectivity index (χ1n) is 24.4. The van der Waals surface area contributed by atoms with Gasteiger partial charge < -0.3 is 43.3 Å². The van der Waals surface area contributed by atoms with Crippen molar-refractivity contribution in [1.29, 1.82) is 0 Å². The number of hydrogen-bond acceptors (Lipinski definition) is 12. The molecule has 0 aliphatic carbocycles. The van der Waals surface area contributed by atoms with E-state index in [1.807, 2.05) is 45.5 Å². The fourth-order valence-corrected chi connectivity index (χ4v) is 9.52. The van der Waals surface area contributed by atoms with Crippen molar-refractivity contribution in [3.05, 3.63) is 143 Å². The number of primary amides is 1. The summed E-state index contributed by atoms with van der Waals surface area (Å²) in [6, 6.07) is 16.4. The van der Waals surface area contributed by atoms with Gasteiger partial charge in [0.05, 0.1) is 71.9 Å². The molecule has 0 unspecified atom stereocenters. The predicted octanol–water partition coefficient (Wildman–Crippen LogP) is 6.99. The van der Waals surface area contributed by atoms with Gasteiger partial charge >= 0.3 is 18.2 Å². The van der Waals surface area contributed by atoms with Crippen LogP contribution in [-0.2, 0) is 66.0 Å². The van der Waals surface area contributed by atoms with E-state index in [4.69, 9.17) is 15.2 Å². The molecule has 77 heavy (non-hydrogen) atoms. The maximum Gasteiger partial charge on any atom is 0.410 e. The number of nitrogens with zero attached hydrogens (tertiary/aromatic N) is 8. The van der Waals surface area contributed by atoms with Gasteiger partial charge in [0, 0.05) is 73.5 Å². The summed E-state index contributed by atoms with van der Waals surface area (Å²) in [7, 11) is 1.12. The molecule has 5 amide bonds. The Kier molecular flexibility index (Phi) is 14.0. The molecule has 3 N–H and O–H groups in total. The van der Waals surface area contributed by atoms with E-state index in [1.165, 1.54) is 35.4 Å². The minimum absolute atomic E-state index is 0.0864. The quantitative estimate of drug-likeness (QED) is 0.0563. The van der Waals surface area contributed by atoms with Crippen LogP contribution in [0.2, 0.25) is 0 Å². The third-order valence-electron chi connectivity index (χ3n) is 12.6. The Labute approximate surface area is 438 Å². The topological polar surface area (TPSA) is 236 Å². The summed E-state index contributed by atoms with van der Waals surface area (Å²) in [6.45, 7) is 12.4. The van der Waals surface area contributed by atoms with Gasteiger partial charge in [-0.15, -0.1) is 0 Å². The molecule has 0 radical (unpaired) electrons. The average molecular weight is 1050 g/mol. The number of ketones is 1. The number of imide groups is 1. The lowest BCUT2D eigenvalue weighted by atomic mass is 9.98. The number of pyridine rings is 2. The number of rotatable bonds is 6. The summed E-state index contributed by atoms with van der Waals surface area (Å²) in [6.07, 6.45) is 9.37. The fraction of sp³-hybridized carbons (Fsp3) is 0.291. The number of methoxy groups -OCH3 is 1. The first-order valence-corrected chi connectivity index (χ1v) is 24.4. The monoisotopic (exact) mass is 1050 g/mol. The fourth-order valence-electron chi connectivity index (χ4n) is 9.52. The standard InChI is InChI=1S/C27H24FN5O4.C19H21FN2O5.C9H9N3O/c1-27(2,3)37-26(36)32-9-8-31-14-18(17-11-16(28)10-15(13-32)23(17)31)21-22(25(35)30-24(21)34)19-12-29-20-6-4-5-7-33(19)20;1-19(2,3)27-18(25)22-6-5-21-10-14(16(23)17(24)26-4)13-8-12(20)7-11(9-22)15(13)21;10-8(13)5-7-6-11-9-3-1-2-4-12(7)9/h4-7,10-12,14H,8-9,13H2,1-3H3,(H,30,34,35);7-8,10H,5-6,9H2,1-4H3;1-4,6H,5H2,(H2,10,13). The highest BCUT2D eigenvalue weighted by Crippen LogP contribution is 2.39. The number of carbonyl (C=O) groups excluding carboxylic acids is 7. The molecule has 0 saturated carbocycles. The lowest BCUT2D eigenvalue weighted by Crippen LogP contribution is -2.37. The van der Waals surface area contributed by atoms with Gasteiger partial charge in [0.1, 0.15) is 34.1 Å². The molecule has 0 bridgehead atoms. The Morgan fingerprint density at radius 3 is 1.77 bits per heavy atom. The number of aromatic nitrogens is 6. The highest BCUT2D eigenvalue weighted by Gasteiger charge is 2.37. The van der Waals surface area contributed by atoms with E-state index in [-0.39, 0.29) is 42.1 Å². The van der Waals surface area contributed by atoms with E-state index < -0.39 is 58.6 Å². The van der Waals surface area contributed by atoms with E-state index in [0.717, 1.165) is 18.5 Å². The van der Waals surface area contributed by atoms with Crippen molar-refractivity contribution in [3.8, 4) is 0 Å². The third-order valence-corrected chi connectivity index (χ3v) is 12.6. The number of imidazole rings is 2. The van der Waals surface area contributed by atoms with Crippen molar-refractivity contribution < 1.29 is 56.6 Å². The number of nitrogens with two attached hydrogens (primary N) is 1. The maximum atomic E-state index is 14.9.